The minimum atomic E-state index is -0.756. The third-order valence-electron chi connectivity index (χ3n) is 7.08. The average molecular weight is 592 g/mol. The highest BCUT2D eigenvalue weighted by molar-refractivity contribution is 7.07. The fraction of sp³-hybridized carbons (Fsp3) is 0.258. The Morgan fingerprint density at radius 1 is 1.05 bits per heavy atom. The maximum atomic E-state index is 14.1. The van der Waals surface area contributed by atoms with Crippen molar-refractivity contribution >= 4 is 35.0 Å². The van der Waals surface area contributed by atoms with Gasteiger partial charge in [0.1, 0.15) is 0 Å². The van der Waals surface area contributed by atoms with Gasteiger partial charge in [0, 0.05) is 22.1 Å². The van der Waals surface area contributed by atoms with Crippen LogP contribution >= 0.6 is 22.9 Å². The number of nitrogens with zero attached hydrogens (tertiary/aromatic N) is 3. The Labute approximate surface area is 246 Å². The third-order valence-corrected chi connectivity index (χ3v) is 8.32. The van der Waals surface area contributed by atoms with E-state index in [1.165, 1.54) is 11.3 Å². The molecule has 10 heteroatoms. The summed E-state index contributed by atoms with van der Waals surface area (Å²) in [7, 11) is 3.10. The number of aromatic nitrogens is 2. The number of hydrogen-bond donors (Lipinski definition) is 0. The smallest absolute Gasteiger partial charge is 0.338 e. The van der Waals surface area contributed by atoms with Crippen molar-refractivity contribution in [3.05, 3.63) is 107 Å². The Morgan fingerprint density at radius 3 is 2.41 bits per heavy atom. The minimum absolute atomic E-state index is 0.196. The first-order chi connectivity index (χ1) is 19.7. The molecule has 2 aromatic carbocycles. The molecule has 0 spiro atoms. The van der Waals surface area contributed by atoms with Gasteiger partial charge in [0.25, 0.3) is 5.56 Å². The van der Waals surface area contributed by atoms with Crippen molar-refractivity contribution in [2.75, 3.05) is 20.8 Å². The molecule has 2 aromatic heterocycles. The lowest BCUT2D eigenvalue weighted by molar-refractivity contribution is -0.139. The maximum Gasteiger partial charge on any atom is 0.338 e. The number of carbonyl (C=O) groups excluding carboxylic acids is 1. The summed E-state index contributed by atoms with van der Waals surface area (Å²) >= 11 is 7.38. The molecule has 0 saturated carbocycles. The van der Waals surface area contributed by atoms with Crippen LogP contribution in [0.15, 0.2) is 69.6 Å². The van der Waals surface area contributed by atoms with E-state index in [4.69, 9.17) is 25.8 Å². The van der Waals surface area contributed by atoms with Crippen molar-refractivity contribution in [3.8, 4) is 17.2 Å². The minimum Gasteiger partial charge on any atom is -0.493 e. The monoisotopic (exact) mass is 591 g/mol. The van der Waals surface area contributed by atoms with Crippen LogP contribution in [0.3, 0.4) is 0 Å². The van der Waals surface area contributed by atoms with Gasteiger partial charge in [-0.2, -0.15) is 0 Å². The van der Waals surface area contributed by atoms with Crippen LogP contribution in [0.25, 0.3) is 11.8 Å². The number of rotatable bonds is 7. The predicted molar refractivity (Wildman–Crippen MR) is 160 cm³/mol. The first kappa shape index (κ1) is 28.4. The second-order valence-corrected chi connectivity index (χ2v) is 11.0. The molecule has 5 rings (SSSR count). The zero-order valence-corrected chi connectivity index (χ0v) is 25.2. The molecule has 0 radical (unpaired) electrons. The van der Waals surface area contributed by atoms with E-state index in [-0.39, 0.29) is 12.2 Å². The number of thiazole rings is 1. The summed E-state index contributed by atoms with van der Waals surface area (Å²) in [6, 6.07) is 14.3. The highest BCUT2D eigenvalue weighted by Gasteiger charge is 2.34. The summed E-state index contributed by atoms with van der Waals surface area (Å²) in [5.74, 6) is 0.507. The van der Waals surface area contributed by atoms with Gasteiger partial charge in [-0.15, -0.1) is 0 Å². The van der Waals surface area contributed by atoms with Crippen molar-refractivity contribution in [3.63, 3.8) is 0 Å². The molecular formula is C31H30ClN3O5S. The molecule has 8 nitrogen and oxygen atoms in total. The number of aryl methyl sites for hydroxylation is 1. The van der Waals surface area contributed by atoms with Gasteiger partial charge in [-0.25, -0.2) is 9.79 Å². The number of hydrogen-bond acceptors (Lipinski definition) is 7. The standard InChI is InChI=1S/C31H30ClN3O5S/c1-7-40-30(37)27-18(3)33-31-35(28(27)20-8-13-24(38-5)25(15-20)39-6)29(36)26(41-31)16-21-14-17(2)34(19(21)4)23-11-9-22(32)10-12-23/h8-16,28H,7H2,1-6H3/b26-16+/t28-/m1/s1. The SMILES string of the molecule is CCOC(=O)C1=C(C)N=c2s/c(=C/c3cc(C)n(-c4ccc(Cl)cc4)c3C)c(=O)n2[C@@H]1c1ccc(OC)c(OC)c1. The van der Waals surface area contributed by atoms with E-state index in [0.29, 0.717) is 42.7 Å². The number of benzene rings is 2. The molecule has 41 heavy (non-hydrogen) atoms. The zero-order chi connectivity index (χ0) is 29.4. The second-order valence-electron chi connectivity index (χ2n) is 9.55. The van der Waals surface area contributed by atoms with Crippen molar-refractivity contribution in [1.82, 2.24) is 9.13 Å². The highest BCUT2D eigenvalue weighted by atomic mass is 35.5. The molecule has 0 N–H and O–H groups in total. The quantitative estimate of drug-likeness (QED) is 0.286. The molecule has 0 fully saturated rings. The fourth-order valence-corrected chi connectivity index (χ4v) is 6.36. The third kappa shape index (κ3) is 5.11. The number of allylic oxidation sites excluding steroid dienone is 1. The van der Waals surface area contributed by atoms with Crippen molar-refractivity contribution in [2.24, 2.45) is 4.99 Å². The summed E-state index contributed by atoms with van der Waals surface area (Å²) in [5, 5.41) is 0.666. The summed E-state index contributed by atoms with van der Waals surface area (Å²) in [6.45, 7) is 7.74. The first-order valence-electron chi connectivity index (χ1n) is 13.0. The van der Waals surface area contributed by atoms with Gasteiger partial charge in [0.05, 0.1) is 42.7 Å². The Kier molecular flexibility index (Phi) is 7.93. The second kappa shape index (κ2) is 11.4. The van der Waals surface area contributed by atoms with Crippen LogP contribution in [0, 0.1) is 13.8 Å². The van der Waals surface area contributed by atoms with Crippen molar-refractivity contribution in [1.29, 1.82) is 0 Å². The van der Waals surface area contributed by atoms with Gasteiger partial charge < -0.3 is 18.8 Å². The molecule has 0 unspecified atom stereocenters. The van der Waals surface area contributed by atoms with Gasteiger partial charge >= 0.3 is 5.97 Å². The molecule has 1 atom stereocenters. The summed E-state index contributed by atoms with van der Waals surface area (Å²) < 4.78 is 20.5. The number of halogens is 1. The van der Waals surface area contributed by atoms with Gasteiger partial charge in [0.2, 0.25) is 0 Å². The lowest BCUT2D eigenvalue weighted by Crippen LogP contribution is -2.40. The van der Waals surface area contributed by atoms with Gasteiger partial charge in [-0.05, 0) is 87.4 Å². The Bertz CT molecular complexity index is 1860. The molecule has 0 amide bonds. The largest absolute Gasteiger partial charge is 0.493 e. The number of fused-ring (bicyclic) bond motifs is 1. The first-order valence-corrected chi connectivity index (χ1v) is 14.2. The fourth-order valence-electron chi connectivity index (χ4n) is 5.19. The van der Waals surface area contributed by atoms with Crippen LogP contribution in [0.2, 0.25) is 5.02 Å². The number of carbonyl (C=O) groups is 1. The summed E-state index contributed by atoms with van der Waals surface area (Å²) in [5.41, 5.74) is 5.12. The van der Waals surface area contributed by atoms with Gasteiger partial charge in [-0.3, -0.25) is 9.36 Å². The maximum absolute atomic E-state index is 14.1. The van der Waals surface area contributed by atoms with Crippen molar-refractivity contribution in [2.45, 2.75) is 33.7 Å². The lowest BCUT2D eigenvalue weighted by Gasteiger charge is -2.25. The summed E-state index contributed by atoms with van der Waals surface area (Å²) in [6.07, 6.45) is 1.88. The van der Waals surface area contributed by atoms with Crippen LogP contribution < -0.4 is 24.4 Å². The molecule has 3 heterocycles. The number of methoxy groups -OCH3 is 2. The van der Waals surface area contributed by atoms with Crippen LogP contribution in [0.5, 0.6) is 11.5 Å². The molecule has 1 aliphatic rings. The van der Waals surface area contributed by atoms with E-state index in [2.05, 4.69) is 9.56 Å². The Morgan fingerprint density at radius 2 is 1.76 bits per heavy atom. The van der Waals surface area contributed by atoms with Crippen LogP contribution in [0.1, 0.15) is 42.4 Å². The summed E-state index contributed by atoms with van der Waals surface area (Å²) in [4.78, 5) is 32.4. The normalized spacial score (nSPS) is 15.0. The number of ether oxygens (including phenoxy) is 3. The molecule has 1 aliphatic heterocycles. The van der Waals surface area contributed by atoms with E-state index >= 15 is 0 Å². The van der Waals surface area contributed by atoms with E-state index in [9.17, 15) is 9.59 Å². The van der Waals surface area contributed by atoms with Crippen LogP contribution in [-0.2, 0) is 9.53 Å². The highest BCUT2D eigenvalue weighted by Crippen LogP contribution is 2.36. The predicted octanol–water partition coefficient (Wildman–Crippen LogP) is 4.88. The molecule has 0 saturated heterocycles. The molecule has 0 bridgehead atoms. The Balaban J connectivity index is 1.70. The zero-order valence-electron chi connectivity index (χ0n) is 23.6. The lowest BCUT2D eigenvalue weighted by atomic mass is 9.95. The topological polar surface area (TPSA) is 84.1 Å². The van der Waals surface area contributed by atoms with Crippen molar-refractivity contribution < 1.29 is 19.0 Å². The molecule has 4 aromatic rings. The van der Waals surface area contributed by atoms with E-state index in [0.717, 1.165) is 22.6 Å². The Hall–Kier alpha value is -4.08. The van der Waals surface area contributed by atoms with Crippen LogP contribution in [-0.4, -0.2) is 35.9 Å². The van der Waals surface area contributed by atoms with E-state index in [1.807, 2.05) is 56.3 Å². The average Bonchev–Trinajstić information content (AvgIpc) is 3.41. The molecule has 0 aliphatic carbocycles. The van der Waals surface area contributed by atoms with Gasteiger partial charge in [-0.1, -0.05) is 29.0 Å². The van der Waals surface area contributed by atoms with E-state index < -0.39 is 12.0 Å². The van der Waals surface area contributed by atoms with E-state index in [1.54, 1.807) is 44.8 Å². The molecule has 212 valence electrons. The van der Waals surface area contributed by atoms with Gasteiger partial charge in [0.15, 0.2) is 16.3 Å². The number of esters is 1. The molecular weight excluding hydrogens is 562 g/mol. The van der Waals surface area contributed by atoms with Crippen LogP contribution in [0.4, 0.5) is 0 Å².